The summed E-state index contributed by atoms with van der Waals surface area (Å²) in [6.07, 6.45) is 5.81. The molecule has 1 aliphatic rings. The molecule has 0 aromatic carbocycles. The van der Waals surface area contributed by atoms with E-state index in [2.05, 4.69) is 6.92 Å². The van der Waals surface area contributed by atoms with Crippen LogP contribution in [0.4, 0.5) is 0 Å². The van der Waals surface area contributed by atoms with Gasteiger partial charge in [-0.1, -0.05) is 19.8 Å². The van der Waals surface area contributed by atoms with Crippen LogP contribution in [0.25, 0.3) is 0 Å². The molecule has 2 rings (SSSR count). The third-order valence-electron chi connectivity index (χ3n) is 3.41. The molecule has 1 N–H and O–H groups in total. The molecule has 0 bridgehead atoms. The van der Waals surface area contributed by atoms with Gasteiger partial charge in [0.05, 0.1) is 12.4 Å². The van der Waals surface area contributed by atoms with Crippen molar-refractivity contribution >= 4 is 0 Å². The Kier molecular flexibility index (Phi) is 2.92. The molecule has 78 valence electrons. The van der Waals surface area contributed by atoms with Gasteiger partial charge < -0.3 is 9.52 Å². The standard InChI is InChI=1S/C12H18O2/c1-9-4-2-6-11(9)12(13)8-10-5-3-7-14-10/h3,5,7,9,11-13H,2,4,6,8H2,1H3. The van der Waals surface area contributed by atoms with Crippen LogP contribution in [0.15, 0.2) is 22.8 Å². The van der Waals surface area contributed by atoms with Crippen molar-refractivity contribution in [1.82, 2.24) is 0 Å². The first-order valence-corrected chi connectivity index (χ1v) is 5.48. The number of furan rings is 1. The molecule has 0 spiro atoms. The first-order chi connectivity index (χ1) is 6.77. The fraction of sp³-hybridized carbons (Fsp3) is 0.667. The third kappa shape index (κ3) is 2.01. The minimum Gasteiger partial charge on any atom is -0.469 e. The van der Waals surface area contributed by atoms with Crippen molar-refractivity contribution < 1.29 is 9.52 Å². The van der Waals surface area contributed by atoms with E-state index in [4.69, 9.17) is 4.42 Å². The molecule has 2 heteroatoms. The summed E-state index contributed by atoms with van der Waals surface area (Å²) in [5, 5.41) is 10.0. The molecular weight excluding hydrogens is 176 g/mol. The second-order valence-corrected chi connectivity index (χ2v) is 4.42. The van der Waals surface area contributed by atoms with Crippen molar-refractivity contribution in [3.05, 3.63) is 24.2 Å². The second-order valence-electron chi connectivity index (χ2n) is 4.42. The van der Waals surface area contributed by atoms with Gasteiger partial charge >= 0.3 is 0 Å². The monoisotopic (exact) mass is 194 g/mol. The molecule has 1 heterocycles. The van der Waals surface area contributed by atoms with Gasteiger partial charge in [0.25, 0.3) is 0 Å². The Balaban J connectivity index is 1.92. The van der Waals surface area contributed by atoms with Gasteiger partial charge in [-0.3, -0.25) is 0 Å². The first kappa shape index (κ1) is 9.78. The predicted octanol–water partition coefficient (Wildman–Crippen LogP) is 2.62. The van der Waals surface area contributed by atoms with E-state index in [0.717, 1.165) is 5.76 Å². The van der Waals surface area contributed by atoms with Gasteiger partial charge in [-0.15, -0.1) is 0 Å². The van der Waals surface area contributed by atoms with Crippen LogP contribution in [0.1, 0.15) is 31.9 Å². The highest BCUT2D eigenvalue weighted by molar-refractivity contribution is 5.00. The van der Waals surface area contributed by atoms with Gasteiger partial charge in [0.15, 0.2) is 0 Å². The summed E-state index contributed by atoms with van der Waals surface area (Å²) in [4.78, 5) is 0. The average molecular weight is 194 g/mol. The van der Waals surface area contributed by atoms with Gasteiger partial charge in [-0.2, -0.15) is 0 Å². The lowest BCUT2D eigenvalue weighted by Crippen LogP contribution is -2.24. The van der Waals surface area contributed by atoms with Crippen LogP contribution >= 0.6 is 0 Å². The maximum Gasteiger partial charge on any atom is 0.106 e. The molecule has 0 radical (unpaired) electrons. The molecule has 1 fully saturated rings. The van der Waals surface area contributed by atoms with Gasteiger partial charge in [-0.25, -0.2) is 0 Å². The summed E-state index contributed by atoms with van der Waals surface area (Å²) < 4.78 is 5.24. The van der Waals surface area contributed by atoms with E-state index in [1.54, 1.807) is 6.26 Å². The first-order valence-electron chi connectivity index (χ1n) is 5.48. The number of hydrogen-bond donors (Lipinski definition) is 1. The molecule has 3 unspecified atom stereocenters. The number of aliphatic hydroxyl groups excluding tert-OH is 1. The highest BCUT2D eigenvalue weighted by atomic mass is 16.3. The van der Waals surface area contributed by atoms with Crippen molar-refractivity contribution in [3.8, 4) is 0 Å². The highest BCUT2D eigenvalue weighted by Gasteiger charge is 2.29. The SMILES string of the molecule is CC1CCCC1C(O)Cc1ccco1. The van der Waals surface area contributed by atoms with Crippen molar-refractivity contribution in [2.75, 3.05) is 0 Å². The summed E-state index contributed by atoms with van der Waals surface area (Å²) in [5.74, 6) is 2.04. The Morgan fingerprint density at radius 3 is 3.00 bits per heavy atom. The van der Waals surface area contributed by atoms with E-state index in [1.165, 1.54) is 19.3 Å². The summed E-state index contributed by atoms with van der Waals surface area (Å²) >= 11 is 0. The fourth-order valence-electron chi connectivity index (χ4n) is 2.53. The highest BCUT2D eigenvalue weighted by Crippen LogP contribution is 2.34. The Morgan fingerprint density at radius 2 is 2.43 bits per heavy atom. The maximum atomic E-state index is 10.0. The summed E-state index contributed by atoms with van der Waals surface area (Å²) in [6.45, 7) is 2.24. The zero-order chi connectivity index (χ0) is 9.97. The quantitative estimate of drug-likeness (QED) is 0.802. The van der Waals surface area contributed by atoms with E-state index in [9.17, 15) is 5.11 Å². The van der Waals surface area contributed by atoms with E-state index in [-0.39, 0.29) is 6.10 Å². The van der Waals surface area contributed by atoms with Crippen molar-refractivity contribution in [3.63, 3.8) is 0 Å². The summed E-state index contributed by atoms with van der Waals surface area (Å²) in [6, 6.07) is 3.81. The van der Waals surface area contributed by atoms with Crippen LogP contribution in [0.3, 0.4) is 0 Å². The lowest BCUT2D eigenvalue weighted by atomic mass is 9.90. The van der Waals surface area contributed by atoms with Gasteiger partial charge in [-0.05, 0) is 30.4 Å². The van der Waals surface area contributed by atoms with E-state index < -0.39 is 0 Å². The molecule has 0 aliphatic heterocycles. The topological polar surface area (TPSA) is 33.4 Å². The lowest BCUT2D eigenvalue weighted by Gasteiger charge is -2.21. The van der Waals surface area contributed by atoms with Gasteiger partial charge in [0.2, 0.25) is 0 Å². The summed E-state index contributed by atoms with van der Waals surface area (Å²) in [7, 11) is 0. The molecule has 1 saturated carbocycles. The fourth-order valence-corrected chi connectivity index (χ4v) is 2.53. The molecule has 0 saturated heterocycles. The molecule has 3 atom stereocenters. The minimum absolute atomic E-state index is 0.223. The predicted molar refractivity (Wildman–Crippen MR) is 54.9 cm³/mol. The van der Waals surface area contributed by atoms with Crippen LogP contribution < -0.4 is 0 Å². The Labute approximate surface area is 84.9 Å². The molecule has 14 heavy (non-hydrogen) atoms. The van der Waals surface area contributed by atoms with Gasteiger partial charge in [0, 0.05) is 6.42 Å². The van der Waals surface area contributed by atoms with Gasteiger partial charge in [0.1, 0.15) is 5.76 Å². The Bertz CT molecular complexity index is 266. The van der Waals surface area contributed by atoms with E-state index in [1.807, 2.05) is 12.1 Å². The maximum absolute atomic E-state index is 10.0. The zero-order valence-electron chi connectivity index (χ0n) is 8.65. The minimum atomic E-state index is -0.223. The van der Waals surface area contributed by atoms with Crippen molar-refractivity contribution in [2.45, 2.75) is 38.7 Å². The van der Waals surface area contributed by atoms with Crippen LogP contribution in [-0.2, 0) is 6.42 Å². The van der Waals surface area contributed by atoms with Crippen LogP contribution in [0.2, 0.25) is 0 Å². The lowest BCUT2D eigenvalue weighted by molar-refractivity contribution is 0.0853. The largest absolute Gasteiger partial charge is 0.469 e. The number of rotatable bonds is 3. The molecular formula is C12H18O2. The average Bonchev–Trinajstić information content (AvgIpc) is 2.75. The second kappa shape index (κ2) is 4.18. The Hall–Kier alpha value is -0.760. The van der Waals surface area contributed by atoms with E-state index >= 15 is 0 Å². The summed E-state index contributed by atoms with van der Waals surface area (Å²) in [5.41, 5.74) is 0. The smallest absolute Gasteiger partial charge is 0.106 e. The van der Waals surface area contributed by atoms with Crippen molar-refractivity contribution in [2.24, 2.45) is 11.8 Å². The van der Waals surface area contributed by atoms with Crippen molar-refractivity contribution in [1.29, 1.82) is 0 Å². The zero-order valence-corrected chi connectivity index (χ0v) is 8.65. The van der Waals surface area contributed by atoms with Crippen LogP contribution in [-0.4, -0.2) is 11.2 Å². The number of aliphatic hydroxyl groups is 1. The van der Waals surface area contributed by atoms with E-state index in [0.29, 0.717) is 18.3 Å². The molecule has 2 nitrogen and oxygen atoms in total. The van der Waals surface area contributed by atoms with Crippen LogP contribution in [0, 0.1) is 11.8 Å². The molecule has 1 aromatic heterocycles. The molecule has 1 aliphatic carbocycles. The normalized spacial score (nSPS) is 29.3. The molecule has 1 aromatic rings. The molecule has 0 amide bonds. The Morgan fingerprint density at radius 1 is 1.57 bits per heavy atom. The number of hydrogen-bond acceptors (Lipinski definition) is 2. The van der Waals surface area contributed by atoms with Crippen LogP contribution in [0.5, 0.6) is 0 Å². The third-order valence-corrected chi connectivity index (χ3v) is 3.41.